The number of hydrogen-bond donors (Lipinski definition) is 1. The van der Waals surface area contributed by atoms with Crippen molar-refractivity contribution in [3.8, 4) is 11.3 Å². The monoisotopic (exact) mass is 254 g/mol. The van der Waals surface area contributed by atoms with Gasteiger partial charge in [0.25, 0.3) is 0 Å². The lowest BCUT2D eigenvalue weighted by Crippen LogP contribution is -2.09. The van der Waals surface area contributed by atoms with Crippen molar-refractivity contribution in [3.05, 3.63) is 35.2 Å². The van der Waals surface area contributed by atoms with Crippen LogP contribution in [0.3, 0.4) is 0 Å². The van der Waals surface area contributed by atoms with E-state index >= 15 is 0 Å². The molecule has 90 valence electrons. The maximum atomic E-state index is 13.5. The number of hydrogen-bond acceptors (Lipinski definition) is 3. The zero-order chi connectivity index (χ0) is 12.4. The Balaban J connectivity index is 2.33. The highest BCUT2D eigenvalue weighted by Gasteiger charge is 2.10. The number of aromatic nitrogens is 1. The molecule has 2 aromatic rings. The molecule has 0 amide bonds. The van der Waals surface area contributed by atoms with E-state index in [4.69, 9.17) is 0 Å². The number of rotatable bonds is 3. The van der Waals surface area contributed by atoms with Gasteiger partial charge in [-0.15, -0.1) is 11.3 Å². The first-order valence-corrected chi connectivity index (χ1v) is 6.11. The maximum Gasteiger partial charge on any atom is 0.183 e. The molecule has 0 radical (unpaired) electrons. The summed E-state index contributed by atoms with van der Waals surface area (Å²) in [7, 11) is 0. The third kappa shape index (κ3) is 2.79. The van der Waals surface area contributed by atoms with Crippen molar-refractivity contribution in [2.45, 2.75) is 19.9 Å². The van der Waals surface area contributed by atoms with E-state index in [1.54, 1.807) is 5.38 Å². The second-order valence-electron chi connectivity index (χ2n) is 3.96. The van der Waals surface area contributed by atoms with Crippen molar-refractivity contribution in [1.29, 1.82) is 0 Å². The van der Waals surface area contributed by atoms with Crippen molar-refractivity contribution in [2.75, 3.05) is 5.32 Å². The van der Waals surface area contributed by atoms with Gasteiger partial charge in [0.05, 0.1) is 5.69 Å². The maximum absolute atomic E-state index is 13.5. The van der Waals surface area contributed by atoms with Gasteiger partial charge in [0, 0.05) is 17.0 Å². The third-order valence-corrected chi connectivity index (χ3v) is 2.89. The topological polar surface area (TPSA) is 24.9 Å². The van der Waals surface area contributed by atoms with Gasteiger partial charge >= 0.3 is 0 Å². The summed E-state index contributed by atoms with van der Waals surface area (Å²) in [5, 5.41) is 5.54. The molecule has 0 aliphatic rings. The molecule has 0 saturated heterocycles. The van der Waals surface area contributed by atoms with Crippen LogP contribution in [0.2, 0.25) is 0 Å². The summed E-state index contributed by atoms with van der Waals surface area (Å²) in [4.78, 5) is 4.22. The molecule has 17 heavy (non-hydrogen) atoms. The molecule has 2 nitrogen and oxygen atoms in total. The molecule has 0 aliphatic heterocycles. The highest BCUT2D eigenvalue weighted by molar-refractivity contribution is 7.14. The molecule has 0 aliphatic carbocycles. The Morgan fingerprint density at radius 1 is 1.29 bits per heavy atom. The third-order valence-electron chi connectivity index (χ3n) is 2.12. The first-order chi connectivity index (χ1) is 8.06. The van der Waals surface area contributed by atoms with Gasteiger partial charge in [-0.05, 0) is 32.0 Å². The highest BCUT2D eigenvalue weighted by atomic mass is 32.1. The van der Waals surface area contributed by atoms with Crippen molar-refractivity contribution in [3.63, 3.8) is 0 Å². The zero-order valence-electron chi connectivity index (χ0n) is 9.50. The van der Waals surface area contributed by atoms with Crippen molar-refractivity contribution >= 4 is 16.5 Å². The Hall–Kier alpha value is -1.49. The van der Waals surface area contributed by atoms with E-state index in [0.717, 1.165) is 18.2 Å². The van der Waals surface area contributed by atoms with E-state index in [1.165, 1.54) is 11.3 Å². The number of anilines is 1. The molecular weight excluding hydrogens is 242 g/mol. The van der Waals surface area contributed by atoms with Crippen LogP contribution in [-0.4, -0.2) is 11.0 Å². The summed E-state index contributed by atoms with van der Waals surface area (Å²) >= 11 is 1.38. The molecule has 0 saturated carbocycles. The average Bonchev–Trinajstić information content (AvgIpc) is 2.69. The molecule has 1 aromatic carbocycles. The van der Waals surface area contributed by atoms with Crippen molar-refractivity contribution < 1.29 is 8.78 Å². The van der Waals surface area contributed by atoms with Gasteiger partial charge in [0.15, 0.2) is 5.13 Å². The predicted octanol–water partition coefficient (Wildman–Crippen LogP) is 3.91. The van der Waals surface area contributed by atoms with Crippen LogP contribution in [0.1, 0.15) is 13.8 Å². The minimum absolute atomic E-state index is 0.193. The largest absolute Gasteiger partial charge is 0.359 e. The molecule has 1 N–H and O–H groups in total. The summed E-state index contributed by atoms with van der Waals surface area (Å²) in [5.41, 5.74) is 0.646. The van der Waals surface area contributed by atoms with Gasteiger partial charge in [0.1, 0.15) is 11.6 Å². The molecule has 1 aromatic heterocycles. The first-order valence-electron chi connectivity index (χ1n) is 5.24. The average molecular weight is 254 g/mol. The fourth-order valence-corrected chi connectivity index (χ4v) is 2.26. The van der Waals surface area contributed by atoms with E-state index in [2.05, 4.69) is 10.3 Å². The molecule has 0 bridgehead atoms. The minimum atomic E-state index is -0.465. The molecule has 5 heteroatoms. The van der Waals surface area contributed by atoms with E-state index in [0.29, 0.717) is 10.8 Å². The lowest BCUT2D eigenvalue weighted by molar-refractivity contribution is 0.603. The number of nitrogens with zero attached hydrogens (tertiary/aromatic N) is 1. The second kappa shape index (κ2) is 4.79. The molecule has 2 rings (SSSR count). The molecule has 0 atom stereocenters. The summed E-state index contributed by atoms with van der Waals surface area (Å²) < 4.78 is 26.5. The zero-order valence-corrected chi connectivity index (χ0v) is 10.3. The quantitative estimate of drug-likeness (QED) is 0.898. The number of benzene rings is 1. The van der Waals surface area contributed by atoms with Gasteiger partial charge in [0.2, 0.25) is 0 Å². The van der Waals surface area contributed by atoms with Gasteiger partial charge < -0.3 is 5.32 Å². The van der Waals surface area contributed by atoms with Crippen LogP contribution in [0.4, 0.5) is 13.9 Å². The lowest BCUT2D eigenvalue weighted by Gasteiger charge is -2.04. The second-order valence-corrected chi connectivity index (χ2v) is 4.82. The summed E-state index contributed by atoms with van der Waals surface area (Å²) in [5.74, 6) is -0.930. The summed E-state index contributed by atoms with van der Waals surface area (Å²) in [6.07, 6.45) is 0. The Kier molecular flexibility index (Phi) is 3.38. The molecule has 0 spiro atoms. The molecule has 0 fully saturated rings. The minimum Gasteiger partial charge on any atom is -0.359 e. The van der Waals surface area contributed by atoms with E-state index < -0.39 is 11.6 Å². The SMILES string of the molecule is CC(C)Nc1nc(-c2cc(F)ccc2F)cs1. The van der Waals surface area contributed by atoms with E-state index in [-0.39, 0.29) is 11.6 Å². The summed E-state index contributed by atoms with van der Waals surface area (Å²) in [6, 6.07) is 3.62. The fourth-order valence-electron chi connectivity index (χ4n) is 1.40. The Morgan fingerprint density at radius 2 is 2.06 bits per heavy atom. The van der Waals surface area contributed by atoms with Gasteiger partial charge in [-0.25, -0.2) is 13.8 Å². The van der Waals surface area contributed by atoms with Gasteiger partial charge in [-0.1, -0.05) is 0 Å². The Morgan fingerprint density at radius 3 is 2.76 bits per heavy atom. The molecule has 1 heterocycles. The van der Waals surface area contributed by atoms with Crippen LogP contribution in [0.5, 0.6) is 0 Å². The van der Waals surface area contributed by atoms with Crippen LogP contribution in [0.25, 0.3) is 11.3 Å². The lowest BCUT2D eigenvalue weighted by atomic mass is 10.1. The first kappa shape index (κ1) is 12.0. The van der Waals surface area contributed by atoms with Crippen molar-refractivity contribution in [1.82, 2.24) is 4.98 Å². The van der Waals surface area contributed by atoms with Crippen LogP contribution < -0.4 is 5.32 Å². The standard InChI is InChI=1S/C12H12F2N2S/c1-7(2)15-12-16-11(6-17-12)9-5-8(13)3-4-10(9)14/h3-7H,1-2H3,(H,15,16). The highest BCUT2D eigenvalue weighted by Crippen LogP contribution is 2.27. The number of halogens is 2. The van der Waals surface area contributed by atoms with Crippen LogP contribution >= 0.6 is 11.3 Å². The molecular formula is C12H12F2N2S. The van der Waals surface area contributed by atoms with Crippen LogP contribution in [-0.2, 0) is 0 Å². The van der Waals surface area contributed by atoms with Gasteiger partial charge in [-0.3, -0.25) is 0 Å². The van der Waals surface area contributed by atoms with E-state index in [1.807, 2.05) is 13.8 Å². The Labute approximate surface area is 102 Å². The van der Waals surface area contributed by atoms with Crippen molar-refractivity contribution in [2.24, 2.45) is 0 Å². The van der Waals surface area contributed by atoms with Crippen LogP contribution in [0.15, 0.2) is 23.6 Å². The summed E-state index contributed by atoms with van der Waals surface area (Å²) in [6.45, 7) is 3.98. The number of thiazole rings is 1. The predicted molar refractivity (Wildman–Crippen MR) is 66.2 cm³/mol. The van der Waals surface area contributed by atoms with Gasteiger partial charge in [-0.2, -0.15) is 0 Å². The normalized spacial score (nSPS) is 10.9. The Bertz CT molecular complexity index is 523. The number of nitrogens with one attached hydrogen (secondary N) is 1. The fraction of sp³-hybridized carbons (Fsp3) is 0.250. The molecule has 0 unspecified atom stereocenters. The van der Waals surface area contributed by atoms with Crippen LogP contribution in [0, 0.1) is 11.6 Å². The smallest absolute Gasteiger partial charge is 0.183 e. The van der Waals surface area contributed by atoms with E-state index in [9.17, 15) is 8.78 Å².